The van der Waals surface area contributed by atoms with Gasteiger partial charge in [0.05, 0.1) is 10.1 Å². The highest BCUT2D eigenvalue weighted by molar-refractivity contribution is 8.00. The van der Waals surface area contributed by atoms with Crippen LogP contribution in [0.3, 0.4) is 0 Å². The molecule has 0 aliphatic heterocycles. The molecule has 1 amide bonds. The van der Waals surface area contributed by atoms with Gasteiger partial charge in [-0.2, -0.15) is 0 Å². The monoisotopic (exact) mass is 364 g/mol. The maximum atomic E-state index is 12.4. The van der Waals surface area contributed by atoms with Crippen molar-refractivity contribution >= 4 is 33.4 Å². The van der Waals surface area contributed by atoms with Gasteiger partial charge < -0.3 is 5.32 Å². The zero-order valence-electron chi connectivity index (χ0n) is 13.7. The van der Waals surface area contributed by atoms with E-state index in [2.05, 4.69) is 5.32 Å². The fourth-order valence-corrected chi connectivity index (χ4v) is 3.69. The molecule has 0 spiro atoms. The number of benzene rings is 2. The largest absolute Gasteiger partial charge is 0.325 e. The van der Waals surface area contributed by atoms with Crippen LogP contribution in [0.4, 0.5) is 5.69 Å². The number of nitrogens with one attached hydrogen (secondary N) is 1. The van der Waals surface area contributed by atoms with Crippen LogP contribution < -0.4 is 10.5 Å². The lowest BCUT2D eigenvalue weighted by Gasteiger charge is -2.14. The summed E-state index contributed by atoms with van der Waals surface area (Å²) in [5.74, 6) is -0.201. The van der Waals surface area contributed by atoms with Crippen LogP contribution in [0.2, 0.25) is 0 Å². The van der Waals surface area contributed by atoms with Gasteiger partial charge in [0, 0.05) is 10.6 Å². The van der Waals surface area contributed by atoms with Crippen molar-refractivity contribution in [1.29, 1.82) is 0 Å². The lowest BCUT2D eigenvalue weighted by atomic mass is 10.2. The molecule has 3 N–H and O–H groups in total. The SMILES string of the molecule is Cc1ccc(C)c(SC(C)C(=O)Nc2cccc(S(N)(=O)=O)c2)c1. The van der Waals surface area contributed by atoms with E-state index in [-0.39, 0.29) is 16.1 Å². The van der Waals surface area contributed by atoms with Crippen LogP contribution in [0.15, 0.2) is 52.3 Å². The van der Waals surface area contributed by atoms with Crippen molar-refractivity contribution in [2.75, 3.05) is 5.32 Å². The zero-order chi connectivity index (χ0) is 17.9. The second kappa shape index (κ2) is 7.38. The van der Waals surface area contributed by atoms with E-state index in [1.54, 1.807) is 6.07 Å². The maximum absolute atomic E-state index is 12.4. The summed E-state index contributed by atoms with van der Waals surface area (Å²) >= 11 is 1.47. The summed E-state index contributed by atoms with van der Waals surface area (Å²) in [6.07, 6.45) is 0. The highest BCUT2D eigenvalue weighted by Crippen LogP contribution is 2.28. The Morgan fingerprint density at radius 2 is 1.88 bits per heavy atom. The third-order valence-electron chi connectivity index (χ3n) is 3.45. The van der Waals surface area contributed by atoms with Gasteiger partial charge in [-0.15, -0.1) is 11.8 Å². The first-order chi connectivity index (χ1) is 11.2. The molecular formula is C17H20N2O3S2. The zero-order valence-corrected chi connectivity index (χ0v) is 15.4. The number of primary sulfonamides is 1. The van der Waals surface area contributed by atoms with Crippen LogP contribution in [-0.2, 0) is 14.8 Å². The van der Waals surface area contributed by atoms with Crippen molar-refractivity contribution in [1.82, 2.24) is 0 Å². The van der Waals surface area contributed by atoms with E-state index in [0.29, 0.717) is 5.69 Å². The minimum atomic E-state index is -3.80. The van der Waals surface area contributed by atoms with E-state index in [0.717, 1.165) is 16.0 Å². The fourth-order valence-electron chi connectivity index (χ4n) is 2.07. The molecule has 0 bridgehead atoms. The Balaban J connectivity index is 2.11. The molecule has 128 valence electrons. The number of anilines is 1. The number of carbonyl (C=O) groups is 1. The summed E-state index contributed by atoms with van der Waals surface area (Å²) in [7, 11) is -3.80. The average molecular weight is 364 g/mol. The van der Waals surface area contributed by atoms with Gasteiger partial charge in [-0.3, -0.25) is 4.79 Å². The highest BCUT2D eigenvalue weighted by atomic mass is 32.2. The molecule has 1 atom stereocenters. The van der Waals surface area contributed by atoms with Crippen LogP contribution in [0.25, 0.3) is 0 Å². The first kappa shape index (κ1) is 18.5. The molecule has 0 fully saturated rings. The second-order valence-corrected chi connectivity index (χ2v) is 8.54. The van der Waals surface area contributed by atoms with Gasteiger partial charge >= 0.3 is 0 Å². The van der Waals surface area contributed by atoms with Crippen molar-refractivity contribution in [3.05, 3.63) is 53.6 Å². The number of hydrogen-bond acceptors (Lipinski definition) is 4. The predicted octanol–water partition coefficient (Wildman–Crippen LogP) is 3.07. The Morgan fingerprint density at radius 3 is 2.54 bits per heavy atom. The van der Waals surface area contributed by atoms with Gasteiger partial charge in [-0.1, -0.05) is 23.8 Å². The molecule has 0 heterocycles. The summed E-state index contributed by atoms with van der Waals surface area (Å²) in [6, 6.07) is 12.0. The van der Waals surface area contributed by atoms with E-state index in [9.17, 15) is 13.2 Å². The number of nitrogens with two attached hydrogens (primary N) is 1. The van der Waals surface area contributed by atoms with Crippen molar-refractivity contribution in [2.45, 2.75) is 35.8 Å². The van der Waals surface area contributed by atoms with E-state index in [4.69, 9.17) is 5.14 Å². The standard InChI is InChI=1S/C17H20N2O3S2/c1-11-7-8-12(2)16(9-11)23-13(3)17(20)19-14-5-4-6-15(10-14)24(18,21)22/h4-10,13H,1-3H3,(H,19,20)(H2,18,21,22). The van der Waals surface area contributed by atoms with E-state index < -0.39 is 10.0 Å². The van der Waals surface area contributed by atoms with Crippen LogP contribution >= 0.6 is 11.8 Å². The van der Waals surface area contributed by atoms with Gasteiger partial charge in [-0.05, 0) is 50.6 Å². The smallest absolute Gasteiger partial charge is 0.238 e. The molecule has 2 aromatic rings. The lowest BCUT2D eigenvalue weighted by Crippen LogP contribution is -2.22. The number of carbonyl (C=O) groups excluding carboxylic acids is 1. The Morgan fingerprint density at radius 1 is 1.17 bits per heavy atom. The first-order valence-corrected chi connectivity index (χ1v) is 9.77. The molecule has 7 heteroatoms. The van der Waals surface area contributed by atoms with Crippen molar-refractivity contribution in [3.8, 4) is 0 Å². The van der Waals surface area contributed by atoms with E-state index >= 15 is 0 Å². The number of amides is 1. The van der Waals surface area contributed by atoms with Crippen molar-refractivity contribution in [2.24, 2.45) is 5.14 Å². The van der Waals surface area contributed by atoms with Crippen LogP contribution in [0, 0.1) is 13.8 Å². The summed E-state index contributed by atoms with van der Waals surface area (Å²) < 4.78 is 22.8. The Labute approximate surface area is 146 Å². The Bertz CT molecular complexity index is 864. The average Bonchev–Trinajstić information content (AvgIpc) is 2.50. The van der Waals surface area contributed by atoms with E-state index in [1.165, 1.54) is 30.0 Å². The summed E-state index contributed by atoms with van der Waals surface area (Å²) in [6.45, 7) is 5.82. The van der Waals surface area contributed by atoms with Gasteiger partial charge in [-0.25, -0.2) is 13.6 Å². The van der Waals surface area contributed by atoms with Gasteiger partial charge in [0.2, 0.25) is 15.9 Å². The first-order valence-electron chi connectivity index (χ1n) is 7.34. The third-order valence-corrected chi connectivity index (χ3v) is 5.62. The van der Waals surface area contributed by atoms with Crippen molar-refractivity contribution in [3.63, 3.8) is 0 Å². The van der Waals surface area contributed by atoms with Crippen LogP contribution in [-0.4, -0.2) is 19.6 Å². The molecule has 0 saturated carbocycles. The molecule has 24 heavy (non-hydrogen) atoms. The number of sulfonamides is 1. The third kappa shape index (κ3) is 4.83. The molecule has 2 rings (SSSR count). The van der Waals surface area contributed by atoms with Crippen molar-refractivity contribution < 1.29 is 13.2 Å². The molecule has 2 aromatic carbocycles. The molecule has 0 aromatic heterocycles. The van der Waals surface area contributed by atoms with Gasteiger partial charge in [0.1, 0.15) is 0 Å². The molecule has 0 aliphatic carbocycles. The molecular weight excluding hydrogens is 344 g/mol. The number of rotatable bonds is 5. The fraction of sp³-hybridized carbons (Fsp3) is 0.235. The Kier molecular flexibility index (Phi) is 5.69. The maximum Gasteiger partial charge on any atom is 0.238 e. The molecule has 5 nitrogen and oxygen atoms in total. The quantitative estimate of drug-likeness (QED) is 0.798. The molecule has 0 saturated heterocycles. The topological polar surface area (TPSA) is 89.3 Å². The number of hydrogen-bond donors (Lipinski definition) is 2. The molecule has 0 radical (unpaired) electrons. The summed E-state index contributed by atoms with van der Waals surface area (Å²) in [5.41, 5.74) is 2.65. The van der Waals surface area contributed by atoms with E-state index in [1.807, 2.05) is 39.0 Å². The number of thioether (sulfide) groups is 1. The summed E-state index contributed by atoms with van der Waals surface area (Å²) in [5, 5.41) is 7.50. The summed E-state index contributed by atoms with van der Waals surface area (Å²) in [4.78, 5) is 13.4. The predicted molar refractivity (Wildman–Crippen MR) is 97.7 cm³/mol. The van der Waals surface area contributed by atoms with Crippen LogP contribution in [0.1, 0.15) is 18.1 Å². The van der Waals surface area contributed by atoms with Crippen LogP contribution in [0.5, 0.6) is 0 Å². The Hall–Kier alpha value is -1.83. The minimum absolute atomic E-state index is 0.0323. The highest BCUT2D eigenvalue weighted by Gasteiger charge is 2.17. The molecule has 0 aliphatic rings. The van der Waals surface area contributed by atoms with Gasteiger partial charge in [0.15, 0.2) is 0 Å². The normalized spacial score (nSPS) is 12.7. The second-order valence-electron chi connectivity index (χ2n) is 5.59. The lowest BCUT2D eigenvalue weighted by molar-refractivity contribution is -0.115. The number of aryl methyl sites for hydroxylation is 2. The van der Waals surface area contributed by atoms with Gasteiger partial charge in [0.25, 0.3) is 0 Å². The molecule has 1 unspecified atom stereocenters. The minimum Gasteiger partial charge on any atom is -0.325 e.